The van der Waals surface area contributed by atoms with Crippen LogP contribution in [0.4, 0.5) is 5.69 Å². The van der Waals surface area contributed by atoms with Crippen molar-refractivity contribution in [1.29, 1.82) is 0 Å². The van der Waals surface area contributed by atoms with E-state index in [4.69, 9.17) is 4.74 Å². The van der Waals surface area contributed by atoms with Crippen LogP contribution in [0, 0.1) is 5.92 Å². The maximum Gasteiger partial charge on any atom is 0.311 e. The topological polar surface area (TPSA) is 66.9 Å². The molecule has 1 aromatic rings. The van der Waals surface area contributed by atoms with Gasteiger partial charge in [-0.05, 0) is 30.9 Å². The minimum absolute atomic E-state index is 0.0404. The lowest BCUT2D eigenvalue weighted by molar-refractivity contribution is -0.151. The van der Waals surface area contributed by atoms with E-state index < -0.39 is 11.9 Å². The maximum atomic E-state index is 12.4. The Hall–Kier alpha value is -2.37. The van der Waals surface area contributed by atoms with Crippen LogP contribution in [0.15, 0.2) is 24.3 Å². The number of hydrogen-bond donors (Lipinski definition) is 0. The van der Waals surface area contributed by atoms with Gasteiger partial charge in [0.2, 0.25) is 5.91 Å². The van der Waals surface area contributed by atoms with E-state index >= 15 is 0 Å². The molecular weight excluding hydrogens is 332 g/mol. The first-order valence-corrected chi connectivity index (χ1v) is 9.48. The Morgan fingerprint density at radius 2 is 1.92 bits per heavy atom. The number of para-hydroxylation sites is 1. The number of anilines is 1. The summed E-state index contributed by atoms with van der Waals surface area (Å²) in [6.45, 7) is 0.789. The molecule has 2 aliphatic heterocycles. The molecule has 0 spiro atoms. The van der Waals surface area contributed by atoms with Crippen LogP contribution in [0.1, 0.15) is 37.7 Å². The van der Waals surface area contributed by atoms with E-state index in [1.807, 2.05) is 29.2 Å². The number of esters is 1. The highest BCUT2D eigenvalue weighted by Gasteiger charge is 2.39. The molecule has 26 heavy (non-hydrogen) atoms. The van der Waals surface area contributed by atoms with Crippen molar-refractivity contribution in [2.75, 3.05) is 24.6 Å². The number of fused-ring (bicyclic) bond motifs is 1. The van der Waals surface area contributed by atoms with Crippen molar-refractivity contribution in [3.05, 3.63) is 29.8 Å². The van der Waals surface area contributed by atoms with Gasteiger partial charge < -0.3 is 14.5 Å². The molecule has 1 aromatic carbocycles. The average molecular weight is 356 g/mol. The van der Waals surface area contributed by atoms with E-state index in [0.29, 0.717) is 13.1 Å². The molecule has 1 atom stereocenters. The van der Waals surface area contributed by atoms with E-state index in [-0.39, 0.29) is 30.9 Å². The Kier molecular flexibility index (Phi) is 4.66. The van der Waals surface area contributed by atoms with Gasteiger partial charge in [-0.25, -0.2) is 0 Å². The molecule has 0 N–H and O–H groups in total. The lowest BCUT2D eigenvalue weighted by Crippen LogP contribution is -2.36. The number of rotatable bonds is 4. The summed E-state index contributed by atoms with van der Waals surface area (Å²) in [7, 11) is 0. The number of carbonyl (C=O) groups excluding carboxylic acids is 3. The molecule has 138 valence electrons. The summed E-state index contributed by atoms with van der Waals surface area (Å²) in [5.41, 5.74) is 2.04. The summed E-state index contributed by atoms with van der Waals surface area (Å²) in [5, 5.41) is 0. The molecule has 1 aliphatic carbocycles. The number of amides is 2. The van der Waals surface area contributed by atoms with Crippen molar-refractivity contribution >= 4 is 23.5 Å². The minimum Gasteiger partial charge on any atom is -0.455 e. The fourth-order valence-electron chi connectivity index (χ4n) is 4.38. The van der Waals surface area contributed by atoms with Crippen molar-refractivity contribution < 1.29 is 19.1 Å². The molecule has 2 fully saturated rings. The van der Waals surface area contributed by atoms with Crippen molar-refractivity contribution in [2.24, 2.45) is 5.92 Å². The highest BCUT2D eigenvalue weighted by atomic mass is 16.5. The van der Waals surface area contributed by atoms with Crippen LogP contribution in [0.25, 0.3) is 0 Å². The summed E-state index contributed by atoms with van der Waals surface area (Å²) in [6.07, 6.45) is 5.38. The van der Waals surface area contributed by atoms with Gasteiger partial charge in [0, 0.05) is 31.2 Å². The fourth-order valence-corrected chi connectivity index (χ4v) is 4.38. The highest BCUT2D eigenvalue weighted by molar-refractivity contribution is 5.97. The Labute approximate surface area is 153 Å². The number of hydrogen-bond acceptors (Lipinski definition) is 4. The number of carbonyl (C=O) groups is 3. The third-order valence-electron chi connectivity index (χ3n) is 5.78. The molecule has 6 heteroatoms. The van der Waals surface area contributed by atoms with E-state index in [9.17, 15) is 14.4 Å². The van der Waals surface area contributed by atoms with Crippen LogP contribution < -0.4 is 4.90 Å². The molecule has 1 saturated heterocycles. The lowest BCUT2D eigenvalue weighted by atomic mass is 10.1. The second-order valence-electron chi connectivity index (χ2n) is 7.42. The second-order valence-corrected chi connectivity index (χ2v) is 7.42. The number of benzene rings is 1. The Morgan fingerprint density at radius 3 is 2.73 bits per heavy atom. The molecule has 0 unspecified atom stereocenters. The van der Waals surface area contributed by atoms with Gasteiger partial charge in [0.25, 0.3) is 5.91 Å². The van der Waals surface area contributed by atoms with Crippen molar-refractivity contribution in [3.8, 4) is 0 Å². The standard InChI is InChI=1S/C20H24N2O4/c23-18-11-15(12-22(18)16-6-2-3-7-16)20(25)26-13-19(24)21-10-9-14-5-1-4-8-17(14)21/h1,4-5,8,15-16H,2-3,6-7,9-13H2/t15-/m0/s1. The number of ether oxygens (including phenoxy) is 1. The largest absolute Gasteiger partial charge is 0.455 e. The van der Waals surface area contributed by atoms with Gasteiger partial charge in [0.05, 0.1) is 5.92 Å². The van der Waals surface area contributed by atoms with Gasteiger partial charge in [-0.1, -0.05) is 31.0 Å². The van der Waals surface area contributed by atoms with Crippen LogP contribution >= 0.6 is 0 Å². The van der Waals surface area contributed by atoms with Crippen molar-refractivity contribution in [3.63, 3.8) is 0 Å². The monoisotopic (exact) mass is 356 g/mol. The normalized spacial score (nSPS) is 22.8. The van der Waals surface area contributed by atoms with E-state index in [1.54, 1.807) is 4.90 Å². The predicted octanol–water partition coefficient (Wildman–Crippen LogP) is 1.91. The van der Waals surface area contributed by atoms with Crippen LogP contribution in [-0.2, 0) is 25.5 Å². The van der Waals surface area contributed by atoms with Gasteiger partial charge in [0.1, 0.15) is 0 Å². The average Bonchev–Trinajstić information content (AvgIpc) is 3.38. The predicted molar refractivity (Wildman–Crippen MR) is 95.5 cm³/mol. The van der Waals surface area contributed by atoms with Crippen LogP contribution in [-0.4, -0.2) is 48.4 Å². The smallest absolute Gasteiger partial charge is 0.311 e. The Balaban J connectivity index is 1.30. The summed E-state index contributed by atoms with van der Waals surface area (Å²) >= 11 is 0. The summed E-state index contributed by atoms with van der Waals surface area (Å²) in [6, 6.07) is 8.06. The third-order valence-corrected chi connectivity index (χ3v) is 5.78. The minimum atomic E-state index is -0.443. The third kappa shape index (κ3) is 3.20. The molecular formula is C20H24N2O4. The van der Waals surface area contributed by atoms with Gasteiger partial charge in [-0.3, -0.25) is 14.4 Å². The van der Waals surface area contributed by atoms with Crippen LogP contribution in [0.3, 0.4) is 0 Å². The van der Waals surface area contributed by atoms with Gasteiger partial charge in [0.15, 0.2) is 6.61 Å². The second kappa shape index (κ2) is 7.09. The Bertz CT molecular complexity index is 726. The quantitative estimate of drug-likeness (QED) is 0.773. The zero-order chi connectivity index (χ0) is 18.1. The molecule has 4 rings (SSSR count). The number of likely N-dealkylation sites (tertiary alicyclic amines) is 1. The van der Waals surface area contributed by atoms with Gasteiger partial charge >= 0.3 is 5.97 Å². The molecule has 2 amide bonds. The van der Waals surface area contributed by atoms with Crippen molar-refractivity contribution in [2.45, 2.75) is 44.6 Å². The molecule has 6 nitrogen and oxygen atoms in total. The first-order chi connectivity index (χ1) is 12.6. The van der Waals surface area contributed by atoms with Gasteiger partial charge in [-0.2, -0.15) is 0 Å². The van der Waals surface area contributed by atoms with E-state index in [0.717, 1.165) is 43.4 Å². The fraction of sp³-hybridized carbons (Fsp3) is 0.550. The summed E-state index contributed by atoms with van der Waals surface area (Å²) < 4.78 is 5.27. The molecule has 3 aliphatic rings. The first kappa shape index (κ1) is 17.1. The first-order valence-electron chi connectivity index (χ1n) is 9.48. The molecule has 0 radical (unpaired) electrons. The Morgan fingerprint density at radius 1 is 1.15 bits per heavy atom. The van der Waals surface area contributed by atoms with Gasteiger partial charge in [-0.15, -0.1) is 0 Å². The zero-order valence-electron chi connectivity index (χ0n) is 14.9. The molecule has 2 heterocycles. The lowest BCUT2D eigenvalue weighted by Gasteiger charge is -2.23. The summed E-state index contributed by atoms with van der Waals surface area (Å²) in [5.74, 6) is -1.04. The van der Waals surface area contributed by atoms with Crippen molar-refractivity contribution in [1.82, 2.24) is 4.90 Å². The van der Waals surface area contributed by atoms with E-state index in [1.165, 1.54) is 0 Å². The summed E-state index contributed by atoms with van der Waals surface area (Å²) in [4.78, 5) is 40.5. The molecule has 1 saturated carbocycles. The highest BCUT2D eigenvalue weighted by Crippen LogP contribution is 2.30. The van der Waals surface area contributed by atoms with Crippen LogP contribution in [0.5, 0.6) is 0 Å². The zero-order valence-corrected chi connectivity index (χ0v) is 14.9. The molecule has 0 aromatic heterocycles. The molecule has 0 bridgehead atoms. The SMILES string of the molecule is O=C(OCC(=O)N1CCc2ccccc21)[C@H]1CC(=O)N(C2CCCC2)C1. The maximum absolute atomic E-state index is 12.4. The van der Waals surface area contributed by atoms with E-state index in [2.05, 4.69) is 0 Å². The number of nitrogens with zero attached hydrogens (tertiary/aromatic N) is 2. The van der Waals surface area contributed by atoms with Crippen LogP contribution in [0.2, 0.25) is 0 Å².